The van der Waals surface area contributed by atoms with E-state index in [9.17, 15) is 19.1 Å². The van der Waals surface area contributed by atoms with Gasteiger partial charge in [0.25, 0.3) is 0 Å². The van der Waals surface area contributed by atoms with Crippen molar-refractivity contribution in [3.63, 3.8) is 0 Å². The van der Waals surface area contributed by atoms with E-state index in [1.165, 1.54) is 12.1 Å². The molecule has 2 fully saturated rings. The van der Waals surface area contributed by atoms with Crippen LogP contribution in [0, 0.1) is 11.7 Å². The number of carboxylic acid groups (broad SMARTS) is 1. The van der Waals surface area contributed by atoms with Crippen molar-refractivity contribution in [2.75, 3.05) is 19.6 Å². The smallest absolute Gasteiger partial charge is 0.314 e. The van der Waals surface area contributed by atoms with Gasteiger partial charge in [0.05, 0.1) is 10.8 Å². The minimum atomic E-state index is -0.914. The number of Topliss-reactive ketones (excluding diaryl/α,β-unsaturated/α-hetero) is 1. The van der Waals surface area contributed by atoms with Gasteiger partial charge in [-0.1, -0.05) is 42.5 Å². The summed E-state index contributed by atoms with van der Waals surface area (Å²) in [5, 5.41) is 9.87. The summed E-state index contributed by atoms with van der Waals surface area (Å²) in [6.07, 6.45) is 2.06. The molecule has 2 atom stereocenters. The number of benzene rings is 2. The summed E-state index contributed by atoms with van der Waals surface area (Å²) >= 11 is 0. The number of nitrogens with zero attached hydrogens (tertiary/aromatic N) is 1. The van der Waals surface area contributed by atoms with Crippen LogP contribution in [0.5, 0.6) is 0 Å². The number of carboxylic acids is 1. The van der Waals surface area contributed by atoms with Crippen LogP contribution in [0.4, 0.5) is 4.39 Å². The number of ketones is 1. The molecule has 29 heavy (non-hydrogen) atoms. The molecule has 0 aromatic heterocycles. The minimum Gasteiger partial charge on any atom is -0.481 e. The van der Waals surface area contributed by atoms with E-state index < -0.39 is 16.8 Å². The molecule has 1 saturated heterocycles. The number of carbonyl (C=O) groups is 2. The average molecular weight is 395 g/mol. The average Bonchev–Trinajstić information content (AvgIpc) is 3.45. The van der Waals surface area contributed by atoms with Gasteiger partial charge in [0.15, 0.2) is 0 Å². The fourth-order valence-electron chi connectivity index (χ4n) is 5.07. The van der Waals surface area contributed by atoms with Crippen LogP contribution in [0.3, 0.4) is 0 Å². The first-order valence-corrected chi connectivity index (χ1v) is 10.2. The summed E-state index contributed by atoms with van der Waals surface area (Å²) in [6, 6.07) is 15.8. The van der Waals surface area contributed by atoms with Crippen molar-refractivity contribution in [2.24, 2.45) is 5.92 Å². The molecule has 2 aromatic carbocycles. The van der Waals surface area contributed by atoms with E-state index in [2.05, 4.69) is 4.90 Å². The maximum absolute atomic E-state index is 13.3. The van der Waals surface area contributed by atoms with Crippen LogP contribution in [0.25, 0.3) is 0 Å². The number of hydrogen-bond acceptors (Lipinski definition) is 3. The summed E-state index contributed by atoms with van der Waals surface area (Å²) in [5.41, 5.74) is 0.394. The zero-order valence-electron chi connectivity index (χ0n) is 16.6. The molecule has 2 aromatic rings. The minimum absolute atomic E-state index is 0.00649. The molecule has 1 saturated carbocycles. The first-order valence-electron chi connectivity index (χ1n) is 10.2. The van der Waals surface area contributed by atoms with E-state index >= 15 is 0 Å². The van der Waals surface area contributed by atoms with Crippen molar-refractivity contribution in [3.05, 3.63) is 71.5 Å². The Kier molecular flexibility index (Phi) is 5.03. The van der Waals surface area contributed by atoms with Crippen molar-refractivity contribution >= 4 is 11.8 Å². The summed E-state index contributed by atoms with van der Waals surface area (Å²) in [6.45, 7) is 3.90. The second-order valence-electron chi connectivity index (χ2n) is 8.49. The van der Waals surface area contributed by atoms with Crippen molar-refractivity contribution in [2.45, 2.75) is 37.0 Å². The van der Waals surface area contributed by atoms with Crippen LogP contribution in [-0.4, -0.2) is 41.4 Å². The Labute approximate surface area is 170 Å². The molecule has 0 spiro atoms. The maximum atomic E-state index is 13.3. The lowest BCUT2D eigenvalue weighted by Gasteiger charge is -2.41. The number of piperidine rings is 1. The van der Waals surface area contributed by atoms with Crippen LogP contribution in [0.15, 0.2) is 54.6 Å². The monoisotopic (exact) mass is 395 g/mol. The van der Waals surface area contributed by atoms with Crippen molar-refractivity contribution in [1.82, 2.24) is 4.90 Å². The Morgan fingerprint density at radius 3 is 2.21 bits per heavy atom. The summed E-state index contributed by atoms with van der Waals surface area (Å²) < 4.78 is 13.3. The summed E-state index contributed by atoms with van der Waals surface area (Å²) in [5.74, 6) is -0.995. The van der Waals surface area contributed by atoms with Gasteiger partial charge < -0.3 is 10.0 Å². The molecule has 1 N–H and O–H groups in total. The Hall–Kier alpha value is -2.53. The highest BCUT2D eigenvalue weighted by Crippen LogP contribution is 2.55. The van der Waals surface area contributed by atoms with Crippen molar-refractivity contribution in [1.29, 1.82) is 0 Å². The Balaban J connectivity index is 1.45. The lowest BCUT2D eigenvalue weighted by atomic mass is 9.70. The van der Waals surface area contributed by atoms with Gasteiger partial charge in [0, 0.05) is 6.54 Å². The van der Waals surface area contributed by atoms with E-state index in [1.807, 2.05) is 30.3 Å². The number of hydrogen-bond donors (Lipinski definition) is 1. The van der Waals surface area contributed by atoms with Crippen LogP contribution in [-0.2, 0) is 20.4 Å². The van der Waals surface area contributed by atoms with E-state index in [4.69, 9.17) is 0 Å². The number of rotatable bonds is 6. The molecule has 4 nitrogen and oxygen atoms in total. The third-order valence-electron chi connectivity index (χ3n) is 7.03. The molecule has 4 rings (SSSR count). The molecule has 1 aliphatic heterocycles. The van der Waals surface area contributed by atoms with E-state index in [0.717, 1.165) is 31.5 Å². The quantitative estimate of drug-likeness (QED) is 0.809. The molecule has 5 heteroatoms. The third kappa shape index (κ3) is 3.38. The highest BCUT2D eigenvalue weighted by Gasteiger charge is 2.61. The van der Waals surface area contributed by atoms with Crippen molar-refractivity contribution < 1.29 is 19.1 Å². The zero-order chi connectivity index (χ0) is 20.6. The van der Waals surface area contributed by atoms with Gasteiger partial charge in [-0.25, -0.2) is 4.39 Å². The second kappa shape index (κ2) is 7.38. The first-order chi connectivity index (χ1) is 13.9. The molecule has 152 valence electrons. The first kappa shape index (κ1) is 19.8. The van der Waals surface area contributed by atoms with E-state index in [1.54, 1.807) is 19.1 Å². The fourth-order valence-corrected chi connectivity index (χ4v) is 5.07. The lowest BCUT2D eigenvalue weighted by molar-refractivity contribution is -0.140. The maximum Gasteiger partial charge on any atom is 0.314 e. The largest absolute Gasteiger partial charge is 0.481 e. The zero-order valence-corrected chi connectivity index (χ0v) is 16.6. The fraction of sp³-hybridized carbons (Fsp3) is 0.417. The molecule has 2 aliphatic rings. The summed E-state index contributed by atoms with van der Waals surface area (Å²) in [4.78, 5) is 26.9. The Morgan fingerprint density at radius 2 is 1.66 bits per heavy atom. The number of likely N-dealkylation sites (tertiary alicyclic amines) is 1. The molecule has 0 amide bonds. The molecule has 1 heterocycles. The SMILES string of the molecule is CC(=O)C1(c2ccccc2)CCN(C[C@@H]2CC2(C(=O)O)c2ccc(F)cc2)CC1. The molecular formula is C24H26FNO3. The van der Waals surface area contributed by atoms with Gasteiger partial charge in [0.2, 0.25) is 0 Å². The van der Waals surface area contributed by atoms with E-state index in [-0.39, 0.29) is 17.5 Å². The van der Waals surface area contributed by atoms with Gasteiger partial charge >= 0.3 is 5.97 Å². The molecule has 1 unspecified atom stereocenters. The number of aliphatic carboxylic acids is 1. The second-order valence-corrected chi connectivity index (χ2v) is 8.49. The van der Waals surface area contributed by atoms with Crippen LogP contribution < -0.4 is 0 Å². The predicted molar refractivity (Wildman–Crippen MR) is 108 cm³/mol. The predicted octanol–water partition coefficient (Wildman–Crippen LogP) is 3.79. The molecular weight excluding hydrogens is 369 g/mol. The Morgan fingerprint density at radius 1 is 1.03 bits per heavy atom. The lowest BCUT2D eigenvalue weighted by Crippen LogP contribution is -2.47. The molecule has 0 radical (unpaired) electrons. The van der Waals surface area contributed by atoms with Crippen LogP contribution in [0.1, 0.15) is 37.3 Å². The van der Waals surface area contributed by atoms with Crippen LogP contribution in [0.2, 0.25) is 0 Å². The molecule has 1 aliphatic carbocycles. The third-order valence-corrected chi connectivity index (χ3v) is 7.03. The normalized spacial score (nSPS) is 26.1. The van der Waals surface area contributed by atoms with E-state index in [0.29, 0.717) is 18.5 Å². The van der Waals surface area contributed by atoms with Gasteiger partial charge in [-0.15, -0.1) is 0 Å². The number of halogens is 1. The van der Waals surface area contributed by atoms with Gasteiger partial charge in [-0.05, 0) is 68.5 Å². The highest BCUT2D eigenvalue weighted by atomic mass is 19.1. The Bertz CT molecular complexity index is 903. The topological polar surface area (TPSA) is 57.6 Å². The van der Waals surface area contributed by atoms with Gasteiger partial charge in [-0.2, -0.15) is 0 Å². The summed E-state index contributed by atoms with van der Waals surface area (Å²) in [7, 11) is 0. The number of carbonyl (C=O) groups excluding carboxylic acids is 1. The van der Waals surface area contributed by atoms with Crippen LogP contribution >= 0.6 is 0 Å². The molecule has 0 bridgehead atoms. The van der Waals surface area contributed by atoms with Gasteiger partial charge in [-0.3, -0.25) is 9.59 Å². The van der Waals surface area contributed by atoms with Crippen molar-refractivity contribution in [3.8, 4) is 0 Å². The van der Waals surface area contributed by atoms with Gasteiger partial charge in [0.1, 0.15) is 11.6 Å². The highest BCUT2D eigenvalue weighted by molar-refractivity contribution is 5.88. The standard InChI is InChI=1S/C24H26FNO3/c1-17(27)23(18-5-3-2-4-6-18)11-13-26(14-12-23)16-20-15-24(20,22(28)29)19-7-9-21(25)10-8-19/h2-10,20H,11-16H2,1H3,(H,28,29)/t20-,24?/m0/s1.